The monoisotopic (exact) mass is 415 g/mol. The molecule has 0 radical (unpaired) electrons. The van der Waals surface area contributed by atoms with E-state index in [2.05, 4.69) is 16.5 Å². The standard InChI is InChI=1S/C23H21N5OS/c1-4-13-30-23-26-19-18(20(24)29)25-21(16-9-5-14(2)6-10-16)27-22(19)28(23)17-11-7-15(3)8-12-17/h4-12H,1,13H2,2-3H3,(H2,24,29). The van der Waals surface area contributed by atoms with Crippen LogP contribution in [0.2, 0.25) is 0 Å². The molecule has 4 aromatic rings. The molecule has 30 heavy (non-hydrogen) atoms. The Hall–Kier alpha value is -3.45. The van der Waals surface area contributed by atoms with E-state index in [1.165, 1.54) is 11.8 Å². The zero-order valence-corrected chi connectivity index (χ0v) is 17.6. The van der Waals surface area contributed by atoms with Crippen molar-refractivity contribution in [2.75, 3.05) is 5.75 Å². The zero-order valence-electron chi connectivity index (χ0n) is 16.8. The molecular formula is C23H21N5OS. The molecule has 6 nitrogen and oxygen atoms in total. The van der Waals surface area contributed by atoms with Gasteiger partial charge in [0.2, 0.25) is 0 Å². The van der Waals surface area contributed by atoms with Gasteiger partial charge in [0.05, 0.1) is 0 Å². The van der Waals surface area contributed by atoms with Crippen LogP contribution in [0, 0.1) is 13.8 Å². The number of nitrogens with two attached hydrogens (primary N) is 1. The summed E-state index contributed by atoms with van der Waals surface area (Å²) in [5, 5.41) is 0.701. The van der Waals surface area contributed by atoms with E-state index in [1.54, 1.807) is 0 Å². The third-order valence-electron chi connectivity index (χ3n) is 4.64. The number of hydrogen-bond donors (Lipinski definition) is 1. The highest BCUT2D eigenvalue weighted by Crippen LogP contribution is 2.30. The predicted molar refractivity (Wildman–Crippen MR) is 121 cm³/mol. The highest BCUT2D eigenvalue weighted by molar-refractivity contribution is 7.99. The van der Waals surface area contributed by atoms with Crippen LogP contribution in [0.5, 0.6) is 0 Å². The Kier molecular flexibility index (Phi) is 5.37. The largest absolute Gasteiger partial charge is 0.364 e. The average molecular weight is 416 g/mol. The van der Waals surface area contributed by atoms with Crippen molar-refractivity contribution >= 4 is 28.8 Å². The molecule has 0 atom stereocenters. The van der Waals surface area contributed by atoms with Crippen LogP contribution in [0.3, 0.4) is 0 Å². The van der Waals surface area contributed by atoms with Gasteiger partial charge in [-0.2, -0.15) is 0 Å². The van der Waals surface area contributed by atoms with E-state index in [-0.39, 0.29) is 5.69 Å². The summed E-state index contributed by atoms with van der Waals surface area (Å²) in [6.07, 6.45) is 1.81. The van der Waals surface area contributed by atoms with Gasteiger partial charge in [-0.15, -0.1) is 6.58 Å². The number of amides is 1. The van der Waals surface area contributed by atoms with Crippen LogP contribution < -0.4 is 5.73 Å². The molecule has 0 aliphatic rings. The van der Waals surface area contributed by atoms with Crippen LogP contribution in [0.4, 0.5) is 0 Å². The lowest BCUT2D eigenvalue weighted by atomic mass is 10.1. The van der Waals surface area contributed by atoms with E-state index >= 15 is 0 Å². The molecule has 0 aliphatic heterocycles. The van der Waals surface area contributed by atoms with Crippen LogP contribution in [-0.4, -0.2) is 31.2 Å². The van der Waals surface area contributed by atoms with Crippen molar-refractivity contribution in [1.82, 2.24) is 19.5 Å². The van der Waals surface area contributed by atoms with Crippen molar-refractivity contribution in [1.29, 1.82) is 0 Å². The van der Waals surface area contributed by atoms with Gasteiger partial charge in [-0.1, -0.05) is 65.4 Å². The lowest BCUT2D eigenvalue weighted by Crippen LogP contribution is -2.15. The van der Waals surface area contributed by atoms with E-state index in [1.807, 2.05) is 73.0 Å². The number of benzene rings is 2. The smallest absolute Gasteiger partial charge is 0.269 e. The van der Waals surface area contributed by atoms with Gasteiger partial charge in [-0.3, -0.25) is 9.36 Å². The van der Waals surface area contributed by atoms with Crippen LogP contribution in [-0.2, 0) is 0 Å². The lowest BCUT2D eigenvalue weighted by molar-refractivity contribution is 0.0997. The number of primary amides is 1. The first-order valence-corrected chi connectivity index (χ1v) is 10.4. The quantitative estimate of drug-likeness (QED) is 0.371. The molecule has 1 amide bonds. The highest BCUT2D eigenvalue weighted by atomic mass is 32.2. The van der Waals surface area contributed by atoms with Crippen molar-refractivity contribution in [3.8, 4) is 17.1 Å². The average Bonchev–Trinajstić information content (AvgIpc) is 3.10. The van der Waals surface area contributed by atoms with Crippen molar-refractivity contribution in [3.05, 3.63) is 78.0 Å². The Labute approximate surface area is 178 Å². The van der Waals surface area contributed by atoms with Crippen LogP contribution in [0.15, 0.2) is 66.3 Å². The minimum absolute atomic E-state index is 0.113. The molecule has 0 aliphatic carbocycles. The third kappa shape index (κ3) is 3.71. The molecule has 4 rings (SSSR count). The first-order valence-electron chi connectivity index (χ1n) is 9.46. The number of imidazole rings is 1. The molecule has 2 aromatic carbocycles. The topological polar surface area (TPSA) is 86.7 Å². The molecule has 0 bridgehead atoms. The molecular weight excluding hydrogens is 394 g/mol. The molecule has 0 fully saturated rings. The highest BCUT2D eigenvalue weighted by Gasteiger charge is 2.22. The van der Waals surface area contributed by atoms with Gasteiger partial charge in [0.1, 0.15) is 5.52 Å². The van der Waals surface area contributed by atoms with Crippen LogP contribution in [0.25, 0.3) is 28.2 Å². The molecule has 150 valence electrons. The second kappa shape index (κ2) is 8.12. The van der Waals surface area contributed by atoms with Gasteiger partial charge in [-0.05, 0) is 26.0 Å². The maximum atomic E-state index is 12.2. The first kappa shape index (κ1) is 19.8. The number of hydrogen-bond acceptors (Lipinski definition) is 5. The van der Waals surface area contributed by atoms with E-state index in [0.29, 0.717) is 27.9 Å². The normalized spacial score (nSPS) is 11.0. The first-order chi connectivity index (χ1) is 14.5. The maximum Gasteiger partial charge on any atom is 0.269 e. The van der Waals surface area contributed by atoms with Crippen LogP contribution in [0.1, 0.15) is 21.6 Å². The Morgan fingerprint density at radius 1 is 1.03 bits per heavy atom. The van der Waals surface area contributed by atoms with Gasteiger partial charge in [0, 0.05) is 17.0 Å². The molecule has 2 N–H and O–H groups in total. The number of carbonyl (C=O) groups is 1. The second-order valence-corrected chi connectivity index (χ2v) is 7.95. The number of carbonyl (C=O) groups excluding carboxylic acids is 1. The Morgan fingerprint density at radius 2 is 1.67 bits per heavy atom. The van der Waals surface area contributed by atoms with Crippen molar-refractivity contribution < 1.29 is 4.79 Å². The molecule has 0 unspecified atom stereocenters. The van der Waals surface area contributed by atoms with Gasteiger partial charge in [-0.25, -0.2) is 15.0 Å². The Morgan fingerprint density at radius 3 is 2.27 bits per heavy atom. The molecule has 2 aromatic heterocycles. The van der Waals surface area contributed by atoms with E-state index in [0.717, 1.165) is 22.4 Å². The summed E-state index contributed by atoms with van der Waals surface area (Å²) in [6, 6.07) is 15.9. The summed E-state index contributed by atoms with van der Waals surface area (Å²) in [7, 11) is 0. The van der Waals surface area contributed by atoms with Crippen molar-refractivity contribution in [3.63, 3.8) is 0 Å². The van der Waals surface area contributed by atoms with E-state index in [9.17, 15) is 4.79 Å². The number of thioether (sulfide) groups is 1. The SMILES string of the molecule is C=CCSc1nc2c(C(N)=O)nc(-c3ccc(C)cc3)nc2n1-c1ccc(C)cc1. The number of fused-ring (bicyclic) bond motifs is 1. The summed E-state index contributed by atoms with van der Waals surface area (Å²) < 4.78 is 1.94. The van der Waals surface area contributed by atoms with Crippen LogP contribution >= 0.6 is 11.8 Å². The summed E-state index contributed by atoms with van der Waals surface area (Å²) >= 11 is 1.51. The van der Waals surface area contributed by atoms with E-state index < -0.39 is 5.91 Å². The predicted octanol–water partition coefficient (Wildman–Crippen LogP) is 4.48. The van der Waals surface area contributed by atoms with Gasteiger partial charge >= 0.3 is 0 Å². The van der Waals surface area contributed by atoms with Crippen molar-refractivity contribution in [2.45, 2.75) is 19.0 Å². The number of aromatic nitrogens is 4. The van der Waals surface area contributed by atoms with Crippen molar-refractivity contribution in [2.24, 2.45) is 5.73 Å². The fourth-order valence-electron chi connectivity index (χ4n) is 3.10. The number of rotatable bonds is 6. The van der Waals surface area contributed by atoms with E-state index in [4.69, 9.17) is 10.7 Å². The van der Waals surface area contributed by atoms with Gasteiger partial charge < -0.3 is 5.73 Å². The van der Waals surface area contributed by atoms with Gasteiger partial charge in [0.25, 0.3) is 5.91 Å². The lowest BCUT2D eigenvalue weighted by Gasteiger charge is -2.09. The minimum Gasteiger partial charge on any atom is -0.364 e. The summed E-state index contributed by atoms with van der Waals surface area (Å²) in [5.74, 6) is 0.466. The van der Waals surface area contributed by atoms with Gasteiger partial charge in [0.15, 0.2) is 22.3 Å². The molecule has 7 heteroatoms. The number of aryl methyl sites for hydroxylation is 2. The fraction of sp³-hybridized carbons (Fsp3) is 0.130. The molecule has 0 spiro atoms. The molecule has 0 saturated heterocycles. The fourth-order valence-corrected chi connectivity index (χ4v) is 3.84. The summed E-state index contributed by atoms with van der Waals surface area (Å²) in [5.41, 5.74) is 10.7. The number of nitrogens with zero attached hydrogens (tertiary/aromatic N) is 4. The summed E-state index contributed by atoms with van der Waals surface area (Å²) in [6.45, 7) is 7.84. The summed E-state index contributed by atoms with van der Waals surface area (Å²) in [4.78, 5) is 26.1. The third-order valence-corrected chi connectivity index (χ3v) is 5.58. The Bertz CT molecular complexity index is 1240. The minimum atomic E-state index is -0.635. The Balaban J connectivity index is 2.03. The second-order valence-electron chi connectivity index (χ2n) is 6.96. The zero-order chi connectivity index (χ0) is 21.3. The molecule has 2 heterocycles. The molecule has 0 saturated carbocycles. The maximum absolute atomic E-state index is 12.2.